The normalized spacial score (nSPS) is 17.3. The van der Waals surface area contributed by atoms with Crippen molar-refractivity contribution in [2.75, 3.05) is 26.2 Å². The first-order chi connectivity index (χ1) is 10.6. The van der Waals surface area contributed by atoms with Crippen molar-refractivity contribution in [2.45, 2.75) is 24.2 Å². The van der Waals surface area contributed by atoms with E-state index in [1.54, 1.807) is 12.1 Å². The molecule has 0 aromatic heterocycles. The van der Waals surface area contributed by atoms with Crippen molar-refractivity contribution in [1.82, 2.24) is 9.21 Å². The minimum absolute atomic E-state index is 0.0653. The van der Waals surface area contributed by atoms with E-state index >= 15 is 0 Å². The van der Waals surface area contributed by atoms with Gasteiger partial charge in [-0.05, 0) is 25.1 Å². The Morgan fingerprint density at radius 2 is 1.87 bits per heavy atom. The molecule has 0 unspecified atom stereocenters. The fraction of sp³-hybridized carbons (Fsp3) is 0.500. The maximum Gasteiger partial charge on any atom is 0.254 e. The van der Waals surface area contributed by atoms with Crippen LogP contribution >= 0.6 is 11.6 Å². The van der Waals surface area contributed by atoms with Gasteiger partial charge in [0.25, 0.3) is 5.92 Å². The molecular formula is C14H17ClF2N2O3S. The van der Waals surface area contributed by atoms with Gasteiger partial charge < -0.3 is 4.90 Å². The summed E-state index contributed by atoms with van der Waals surface area (Å²) in [6.07, 6.45) is -0.867. The number of hydrogen-bond donors (Lipinski definition) is 0. The van der Waals surface area contributed by atoms with Crippen molar-refractivity contribution in [3.63, 3.8) is 0 Å². The third-order valence-corrected chi connectivity index (χ3v) is 5.62. The zero-order chi connectivity index (χ0) is 17.3. The van der Waals surface area contributed by atoms with E-state index in [0.29, 0.717) is 11.9 Å². The summed E-state index contributed by atoms with van der Waals surface area (Å²) in [6, 6.07) is 5.91. The van der Waals surface area contributed by atoms with Crippen LogP contribution in [0.25, 0.3) is 0 Å². The van der Waals surface area contributed by atoms with Crippen molar-refractivity contribution in [1.29, 1.82) is 0 Å². The average Bonchev–Trinajstić information content (AvgIpc) is 2.45. The molecule has 1 amide bonds. The number of rotatable bonds is 4. The van der Waals surface area contributed by atoms with Gasteiger partial charge in [0.2, 0.25) is 15.9 Å². The summed E-state index contributed by atoms with van der Waals surface area (Å²) in [5.74, 6) is -3.74. The Kier molecular flexibility index (Phi) is 5.27. The quantitative estimate of drug-likeness (QED) is 0.821. The van der Waals surface area contributed by atoms with Crippen LogP contribution < -0.4 is 0 Å². The summed E-state index contributed by atoms with van der Waals surface area (Å²) < 4.78 is 52.0. The van der Waals surface area contributed by atoms with Crippen LogP contribution in [0.3, 0.4) is 0 Å². The third-order valence-electron chi connectivity index (χ3n) is 3.49. The highest BCUT2D eigenvalue weighted by molar-refractivity contribution is 7.89. The number of carbonyl (C=O) groups is 1. The average molecular weight is 367 g/mol. The van der Waals surface area contributed by atoms with E-state index in [9.17, 15) is 22.0 Å². The number of nitrogens with zero attached hydrogens (tertiary/aromatic N) is 2. The molecular weight excluding hydrogens is 350 g/mol. The maximum absolute atomic E-state index is 12.9. The molecule has 0 saturated carbocycles. The second-order valence-corrected chi connectivity index (χ2v) is 7.86. The Bertz CT molecular complexity index is 684. The Labute approximate surface area is 138 Å². The molecule has 0 atom stereocenters. The lowest BCUT2D eigenvalue weighted by Crippen LogP contribution is -2.51. The molecule has 0 spiro atoms. The minimum atomic E-state index is -3.71. The van der Waals surface area contributed by atoms with Gasteiger partial charge in [-0.2, -0.15) is 4.31 Å². The molecule has 1 fully saturated rings. The molecule has 1 aliphatic rings. The molecule has 2 rings (SSSR count). The maximum atomic E-state index is 12.9. The van der Waals surface area contributed by atoms with Crippen LogP contribution in [0.5, 0.6) is 0 Å². The van der Waals surface area contributed by atoms with Crippen molar-refractivity contribution < 1.29 is 22.0 Å². The molecule has 1 aromatic rings. The molecule has 128 valence electrons. The van der Waals surface area contributed by atoms with Gasteiger partial charge in [0, 0.05) is 31.2 Å². The van der Waals surface area contributed by atoms with E-state index in [0.717, 1.165) is 0 Å². The van der Waals surface area contributed by atoms with E-state index < -0.39 is 28.3 Å². The highest BCUT2D eigenvalue weighted by Gasteiger charge is 2.33. The van der Waals surface area contributed by atoms with E-state index in [4.69, 9.17) is 11.6 Å². The van der Waals surface area contributed by atoms with Gasteiger partial charge in [-0.1, -0.05) is 17.7 Å². The zero-order valence-corrected chi connectivity index (χ0v) is 14.1. The van der Waals surface area contributed by atoms with E-state index in [1.165, 1.54) is 21.3 Å². The topological polar surface area (TPSA) is 57.7 Å². The van der Waals surface area contributed by atoms with Crippen LogP contribution in [0.1, 0.15) is 13.3 Å². The van der Waals surface area contributed by atoms with Gasteiger partial charge in [-0.3, -0.25) is 4.79 Å². The summed E-state index contributed by atoms with van der Waals surface area (Å²) in [7, 11) is -3.71. The Hall–Kier alpha value is -1.25. The summed E-state index contributed by atoms with van der Waals surface area (Å²) in [5.41, 5.74) is 0. The van der Waals surface area contributed by atoms with Crippen LogP contribution in [-0.4, -0.2) is 55.6 Å². The molecule has 1 saturated heterocycles. The van der Waals surface area contributed by atoms with Crippen LogP contribution in [0.2, 0.25) is 5.02 Å². The fourth-order valence-corrected chi connectivity index (χ4v) is 4.06. The molecule has 1 aromatic carbocycles. The number of sulfonamides is 1. The van der Waals surface area contributed by atoms with E-state index in [-0.39, 0.29) is 31.1 Å². The van der Waals surface area contributed by atoms with Crippen LogP contribution in [0.15, 0.2) is 29.2 Å². The highest BCUT2D eigenvalue weighted by atomic mass is 35.5. The van der Waals surface area contributed by atoms with Gasteiger partial charge >= 0.3 is 0 Å². The minimum Gasteiger partial charge on any atom is -0.340 e. The number of piperazine rings is 1. The van der Waals surface area contributed by atoms with Gasteiger partial charge in [0.15, 0.2) is 0 Å². The second-order valence-electron chi connectivity index (χ2n) is 5.49. The number of amides is 1. The second kappa shape index (κ2) is 6.70. The SMILES string of the molecule is CC(F)(F)CC(=O)N1CCN(S(=O)(=O)c2cccc(Cl)c2)CC1. The van der Waals surface area contributed by atoms with Gasteiger partial charge in [-0.25, -0.2) is 17.2 Å². The fourth-order valence-electron chi connectivity index (χ4n) is 2.33. The molecule has 1 heterocycles. The molecule has 0 aliphatic carbocycles. The van der Waals surface area contributed by atoms with Crippen molar-refractivity contribution >= 4 is 27.5 Å². The third kappa shape index (κ3) is 4.62. The summed E-state index contributed by atoms with van der Waals surface area (Å²) in [4.78, 5) is 13.1. The molecule has 5 nitrogen and oxygen atoms in total. The van der Waals surface area contributed by atoms with E-state index in [2.05, 4.69) is 0 Å². The lowest BCUT2D eigenvalue weighted by molar-refractivity contribution is -0.138. The first-order valence-electron chi connectivity index (χ1n) is 7.01. The molecule has 0 bridgehead atoms. The van der Waals surface area contributed by atoms with Crippen molar-refractivity contribution in [2.24, 2.45) is 0 Å². The van der Waals surface area contributed by atoms with Gasteiger partial charge in [0.1, 0.15) is 0 Å². The number of carbonyl (C=O) groups excluding carboxylic acids is 1. The van der Waals surface area contributed by atoms with Crippen LogP contribution in [0.4, 0.5) is 8.78 Å². The monoisotopic (exact) mass is 366 g/mol. The molecule has 0 N–H and O–H groups in total. The molecule has 1 aliphatic heterocycles. The number of benzene rings is 1. The van der Waals surface area contributed by atoms with Crippen molar-refractivity contribution in [3.8, 4) is 0 Å². The van der Waals surface area contributed by atoms with Gasteiger partial charge in [0.05, 0.1) is 11.3 Å². The summed E-state index contributed by atoms with van der Waals surface area (Å²) >= 11 is 5.81. The van der Waals surface area contributed by atoms with E-state index in [1.807, 2.05) is 0 Å². The standard InChI is InChI=1S/C14H17ClF2N2O3S/c1-14(16,17)10-13(20)18-5-7-19(8-6-18)23(21,22)12-4-2-3-11(15)9-12/h2-4,9H,5-8,10H2,1H3. The predicted molar refractivity (Wildman–Crippen MR) is 82.0 cm³/mol. The smallest absolute Gasteiger partial charge is 0.254 e. The number of alkyl halides is 2. The first-order valence-corrected chi connectivity index (χ1v) is 8.83. The molecule has 0 radical (unpaired) electrons. The first kappa shape index (κ1) is 18.1. The molecule has 23 heavy (non-hydrogen) atoms. The number of halogens is 3. The molecule has 9 heteroatoms. The van der Waals surface area contributed by atoms with Crippen LogP contribution in [0, 0.1) is 0 Å². The van der Waals surface area contributed by atoms with Gasteiger partial charge in [-0.15, -0.1) is 0 Å². The largest absolute Gasteiger partial charge is 0.340 e. The van der Waals surface area contributed by atoms with Crippen molar-refractivity contribution in [3.05, 3.63) is 29.3 Å². The predicted octanol–water partition coefficient (Wildman–Crippen LogP) is 2.22. The highest BCUT2D eigenvalue weighted by Crippen LogP contribution is 2.22. The Balaban J connectivity index is 2.03. The number of hydrogen-bond acceptors (Lipinski definition) is 3. The Morgan fingerprint density at radius 1 is 1.26 bits per heavy atom. The Morgan fingerprint density at radius 3 is 2.39 bits per heavy atom. The zero-order valence-electron chi connectivity index (χ0n) is 12.5. The summed E-state index contributed by atoms with van der Waals surface area (Å²) in [5, 5.41) is 0.310. The summed E-state index contributed by atoms with van der Waals surface area (Å²) in [6.45, 7) is 1.000. The lowest BCUT2D eigenvalue weighted by atomic mass is 10.2. The lowest BCUT2D eigenvalue weighted by Gasteiger charge is -2.34. The van der Waals surface area contributed by atoms with Crippen LogP contribution in [-0.2, 0) is 14.8 Å².